The lowest BCUT2D eigenvalue weighted by molar-refractivity contribution is 0.0397. The molecule has 0 bridgehead atoms. The van der Waals surface area contributed by atoms with E-state index in [1.807, 2.05) is 18.4 Å². The van der Waals surface area contributed by atoms with E-state index < -0.39 is 0 Å². The van der Waals surface area contributed by atoms with Crippen LogP contribution in [0.2, 0.25) is 0 Å². The molecule has 112 valence electrons. The number of aromatic nitrogens is 1. The maximum atomic E-state index is 5.54. The molecule has 20 heavy (non-hydrogen) atoms. The van der Waals surface area contributed by atoms with Crippen LogP contribution < -0.4 is 5.32 Å². The molecule has 0 saturated heterocycles. The molecule has 1 N–H and O–H groups in total. The SMILES string of the molecule is COC1CCC(NC2CC2)(c2nc(C(C)C)cs2)CC1. The van der Waals surface area contributed by atoms with Gasteiger partial charge in [0.25, 0.3) is 0 Å². The van der Waals surface area contributed by atoms with E-state index in [0.717, 1.165) is 31.7 Å². The number of nitrogens with zero attached hydrogens (tertiary/aromatic N) is 1. The lowest BCUT2D eigenvalue weighted by atomic mass is 9.80. The summed E-state index contributed by atoms with van der Waals surface area (Å²) in [5.74, 6) is 0.522. The standard InChI is InChI=1S/C16H26N2OS/c1-11(2)14-10-20-15(17-14)16(18-12-4-5-12)8-6-13(19-3)7-9-16/h10-13,18H,4-9H2,1-3H3. The van der Waals surface area contributed by atoms with Crippen molar-refractivity contribution in [3.05, 3.63) is 16.1 Å². The first-order chi connectivity index (χ1) is 9.63. The third kappa shape index (κ3) is 2.92. The maximum absolute atomic E-state index is 5.54. The van der Waals surface area contributed by atoms with Crippen molar-refractivity contribution in [3.63, 3.8) is 0 Å². The molecule has 0 aliphatic heterocycles. The average molecular weight is 294 g/mol. The highest BCUT2D eigenvalue weighted by Crippen LogP contribution is 2.42. The van der Waals surface area contributed by atoms with E-state index >= 15 is 0 Å². The van der Waals surface area contributed by atoms with Crippen LogP contribution in [0.15, 0.2) is 5.38 Å². The van der Waals surface area contributed by atoms with Crippen molar-refractivity contribution in [1.82, 2.24) is 10.3 Å². The fourth-order valence-corrected chi connectivity index (χ4v) is 4.33. The Labute approximate surface area is 126 Å². The van der Waals surface area contributed by atoms with Crippen molar-refractivity contribution >= 4 is 11.3 Å². The Morgan fingerprint density at radius 2 is 2.00 bits per heavy atom. The van der Waals surface area contributed by atoms with Crippen LogP contribution in [0.1, 0.15) is 69.0 Å². The summed E-state index contributed by atoms with van der Waals surface area (Å²) < 4.78 is 5.54. The van der Waals surface area contributed by atoms with Crippen LogP contribution >= 0.6 is 11.3 Å². The molecule has 2 aliphatic carbocycles. The van der Waals surface area contributed by atoms with Crippen molar-refractivity contribution < 1.29 is 4.74 Å². The number of hydrogen-bond donors (Lipinski definition) is 1. The third-order valence-electron chi connectivity index (χ3n) is 4.70. The normalized spacial score (nSPS) is 30.9. The van der Waals surface area contributed by atoms with Gasteiger partial charge in [0, 0.05) is 18.5 Å². The second kappa shape index (κ2) is 5.74. The average Bonchev–Trinajstić information content (AvgIpc) is 3.10. The Hall–Kier alpha value is -0.450. The molecule has 0 amide bonds. The molecule has 1 heterocycles. The largest absolute Gasteiger partial charge is 0.381 e. The van der Waals surface area contributed by atoms with Crippen molar-refractivity contribution in [1.29, 1.82) is 0 Å². The second-order valence-corrected chi connectivity index (χ2v) is 7.53. The van der Waals surface area contributed by atoms with Gasteiger partial charge in [0.2, 0.25) is 0 Å². The van der Waals surface area contributed by atoms with E-state index in [4.69, 9.17) is 9.72 Å². The van der Waals surface area contributed by atoms with Gasteiger partial charge in [-0.3, -0.25) is 0 Å². The van der Waals surface area contributed by atoms with Crippen molar-refractivity contribution in [3.8, 4) is 0 Å². The van der Waals surface area contributed by atoms with E-state index in [0.29, 0.717) is 12.0 Å². The Morgan fingerprint density at radius 1 is 1.30 bits per heavy atom. The van der Waals surface area contributed by atoms with Crippen molar-refractivity contribution in [2.75, 3.05) is 7.11 Å². The fraction of sp³-hybridized carbons (Fsp3) is 0.812. The summed E-state index contributed by atoms with van der Waals surface area (Å²) in [7, 11) is 1.84. The Morgan fingerprint density at radius 3 is 2.50 bits per heavy atom. The summed E-state index contributed by atoms with van der Waals surface area (Å²) in [5, 5.41) is 7.47. The molecule has 2 saturated carbocycles. The number of thiazole rings is 1. The molecule has 1 aromatic heterocycles. The molecule has 0 aromatic carbocycles. The van der Waals surface area contributed by atoms with E-state index in [9.17, 15) is 0 Å². The van der Waals surface area contributed by atoms with Gasteiger partial charge in [-0.1, -0.05) is 13.8 Å². The quantitative estimate of drug-likeness (QED) is 0.897. The van der Waals surface area contributed by atoms with E-state index in [-0.39, 0.29) is 5.54 Å². The van der Waals surface area contributed by atoms with Gasteiger partial charge in [-0.05, 0) is 44.4 Å². The summed E-state index contributed by atoms with van der Waals surface area (Å²) in [6.07, 6.45) is 7.71. The topological polar surface area (TPSA) is 34.1 Å². The van der Waals surface area contributed by atoms with Gasteiger partial charge >= 0.3 is 0 Å². The van der Waals surface area contributed by atoms with Crippen LogP contribution in [0.3, 0.4) is 0 Å². The summed E-state index contributed by atoms with van der Waals surface area (Å²) in [5.41, 5.74) is 1.37. The first-order valence-electron chi connectivity index (χ1n) is 7.89. The van der Waals surface area contributed by atoms with Crippen LogP contribution in [0.25, 0.3) is 0 Å². The Balaban J connectivity index is 1.81. The van der Waals surface area contributed by atoms with Gasteiger partial charge in [0.1, 0.15) is 5.01 Å². The summed E-state index contributed by atoms with van der Waals surface area (Å²) >= 11 is 1.85. The van der Waals surface area contributed by atoms with E-state index in [2.05, 4.69) is 24.5 Å². The molecule has 3 rings (SSSR count). The smallest absolute Gasteiger partial charge is 0.113 e. The molecule has 2 fully saturated rings. The molecule has 0 spiro atoms. The van der Waals surface area contributed by atoms with Gasteiger partial charge in [-0.15, -0.1) is 11.3 Å². The number of hydrogen-bond acceptors (Lipinski definition) is 4. The second-order valence-electron chi connectivity index (χ2n) is 6.67. The van der Waals surface area contributed by atoms with Gasteiger partial charge in [-0.25, -0.2) is 4.98 Å². The number of nitrogens with one attached hydrogen (secondary N) is 1. The highest BCUT2D eigenvalue weighted by Gasteiger charge is 2.42. The highest BCUT2D eigenvalue weighted by molar-refractivity contribution is 7.09. The zero-order valence-electron chi connectivity index (χ0n) is 12.8. The summed E-state index contributed by atoms with van der Waals surface area (Å²) in [6, 6.07) is 0.723. The maximum Gasteiger partial charge on any atom is 0.113 e. The minimum atomic E-state index is 0.119. The molecule has 1 aromatic rings. The van der Waals surface area contributed by atoms with Crippen LogP contribution in [0.5, 0.6) is 0 Å². The van der Waals surface area contributed by atoms with Gasteiger partial charge < -0.3 is 10.1 Å². The van der Waals surface area contributed by atoms with Crippen LogP contribution in [0, 0.1) is 0 Å². The first kappa shape index (κ1) is 14.5. The van der Waals surface area contributed by atoms with Crippen LogP contribution in [-0.2, 0) is 10.3 Å². The predicted octanol–water partition coefficient (Wildman–Crippen LogP) is 3.80. The Kier molecular flexibility index (Phi) is 4.16. The number of methoxy groups -OCH3 is 1. The van der Waals surface area contributed by atoms with Crippen LogP contribution in [-0.4, -0.2) is 24.2 Å². The minimum absolute atomic E-state index is 0.119. The van der Waals surface area contributed by atoms with Gasteiger partial charge in [-0.2, -0.15) is 0 Å². The van der Waals surface area contributed by atoms with E-state index in [1.165, 1.54) is 23.5 Å². The molecular weight excluding hydrogens is 268 g/mol. The summed E-state index contributed by atoms with van der Waals surface area (Å²) in [6.45, 7) is 4.45. The summed E-state index contributed by atoms with van der Waals surface area (Å²) in [4.78, 5) is 4.95. The van der Waals surface area contributed by atoms with Crippen molar-refractivity contribution in [2.45, 2.75) is 76.0 Å². The highest BCUT2D eigenvalue weighted by atomic mass is 32.1. The Bertz CT molecular complexity index is 445. The first-order valence-corrected chi connectivity index (χ1v) is 8.77. The van der Waals surface area contributed by atoms with Gasteiger partial charge in [0.05, 0.1) is 17.3 Å². The zero-order chi connectivity index (χ0) is 14.2. The molecule has 0 atom stereocenters. The molecule has 2 aliphatic rings. The minimum Gasteiger partial charge on any atom is -0.381 e. The lowest BCUT2D eigenvalue weighted by Gasteiger charge is -2.39. The van der Waals surface area contributed by atoms with E-state index in [1.54, 1.807) is 0 Å². The van der Waals surface area contributed by atoms with Crippen molar-refractivity contribution in [2.24, 2.45) is 0 Å². The molecule has 4 heteroatoms. The van der Waals surface area contributed by atoms with Crippen LogP contribution in [0.4, 0.5) is 0 Å². The third-order valence-corrected chi connectivity index (χ3v) is 5.76. The predicted molar refractivity (Wildman–Crippen MR) is 83.3 cm³/mol. The molecule has 3 nitrogen and oxygen atoms in total. The molecule has 0 unspecified atom stereocenters. The zero-order valence-corrected chi connectivity index (χ0v) is 13.6. The lowest BCUT2D eigenvalue weighted by Crippen LogP contribution is -2.47. The van der Waals surface area contributed by atoms with Gasteiger partial charge in [0.15, 0.2) is 0 Å². The number of rotatable bonds is 5. The molecule has 0 radical (unpaired) electrons. The fourth-order valence-electron chi connectivity index (χ4n) is 3.13. The number of ether oxygens (including phenoxy) is 1. The molecular formula is C16H26N2OS. The monoisotopic (exact) mass is 294 g/mol.